The Kier molecular flexibility index (Phi) is 9.15. The fourth-order valence-corrected chi connectivity index (χ4v) is 1.29. The SMILES string of the molecule is CCC(C)(C)OOC(CC(C)CC(=O)O)OOC(C)(C)CC. The van der Waals surface area contributed by atoms with Gasteiger partial charge in [0.15, 0.2) is 0 Å². The van der Waals surface area contributed by atoms with Crippen LogP contribution in [0.2, 0.25) is 0 Å². The molecule has 0 fully saturated rings. The Labute approximate surface area is 133 Å². The van der Waals surface area contributed by atoms with Crippen molar-refractivity contribution in [3.8, 4) is 0 Å². The highest BCUT2D eigenvalue weighted by Crippen LogP contribution is 2.22. The van der Waals surface area contributed by atoms with Gasteiger partial charge in [-0.05, 0) is 46.5 Å². The fraction of sp³-hybridized carbons (Fsp3) is 0.938. The van der Waals surface area contributed by atoms with Crippen LogP contribution in [0.5, 0.6) is 0 Å². The third-order valence-corrected chi connectivity index (χ3v) is 3.58. The second-order valence-corrected chi connectivity index (χ2v) is 6.95. The maximum atomic E-state index is 10.8. The van der Waals surface area contributed by atoms with Crippen LogP contribution in [0.4, 0.5) is 0 Å². The zero-order valence-corrected chi connectivity index (χ0v) is 15.0. The van der Waals surface area contributed by atoms with Crippen LogP contribution in [0.1, 0.15) is 74.1 Å². The smallest absolute Gasteiger partial charge is 0.303 e. The Bertz CT molecular complexity index is 307. The average molecular weight is 320 g/mol. The first-order valence-electron chi connectivity index (χ1n) is 7.92. The van der Waals surface area contributed by atoms with E-state index in [-0.39, 0.29) is 12.3 Å². The summed E-state index contributed by atoms with van der Waals surface area (Å²) in [4.78, 5) is 32.3. The molecule has 6 heteroatoms. The van der Waals surface area contributed by atoms with Crippen molar-refractivity contribution in [3.63, 3.8) is 0 Å². The van der Waals surface area contributed by atoms with Gasteiger partial charge in [-0.25, -0.2) is 19.6 Å². The van der Waals surface area contributed by atoms with Crippen molar-refractivity contribution >= 4 is 5.97 Å². The summed E-state index contributed by atoms with van der Waals surface area (Å²) in [7, 11) is 0. The normalized spacial score (nSPS) is 14.4. The predicted molar refractivity (Wildman–Crippen MR) is 82.9 cm³/mol. The van der Waals surface area contributed by atoms with Crippen LogP contribution in [0.15, 0.2) is 0 Å². The first-order chi connectivity index (χ1) is 10.0. The number of carboxylic acid groups (broad SMARTS) is 1. The van der Waals surface area contributed by atoms with Crippen LogP contribution in [0.3, 0.4) is 0 Å². The summed E-state index contributed by atoms with van der Waals surface area (Å²) in [5, 5.41) is 8.85. The number of hydrogen-bond acceptors (Lipinski definition) is 5. The van der Waals surface area contributed by atoms with E-state index in [0.717, 1.165) is 12.8 Å². The lowest BCUT2D eigenvalue weighted by Crippen LogP contribution is -2.32. The molecule has 22 heavy (non-hydrogen) atoms. The zero-order valence-electron chi connectivity index (χ0n) is 15.0. The first-order valence-corrected chi connectivity index (χ1v) is 7.92. The Balaban J connectivity index is 4.58. The van der Waals surface area contributed by atoms with Gasteiger partial charge in [0.2, 0.25) is 6.29 Å². The summed E-state index contributed by atoms with van der Waals surface area (Å²) >= 11 is 0. The lowest BCUT2D eigenvalue weighted by atomic mass is 10.0. The minimum atomic E-state index is -0.851. The Morgan fingerprint density at radius 1 is 1.00 bits per heavy atom. The van der Waals surface area contributed by atoms with Gasteiger partial charge in [0, 0.05) is 12.8 Å². The molecule has 0 saturated carbocycles. The highest BCUT2D eigenvalue weighted by Gasteiger charge is 2.26. The Hall–Kier alpha value is -0.690. The van der Waals surface area contributed by atoms with E-state index in [4.69, 9.17) is 24.7 Å². The van der Waals surface area contributed by atoms with Crippen molar-refractivity contribution in [1.82, 2.24) is 0 Å². The molecule has 0 saturated heterocycles. The molecular weight excluding hydrogens is 288 g/mol. The zero-order chi connectivity index (χ0) is 17.4. The molecule has 1 unspecified atom stereocenters. The van der Waals surface area contributed by atoms with Gasteiger partial charge >= 0.3 is 5.97 Å². The number of carboxylic acids is 1. The monoisotopic (exact) mass is 320 g/mol. The van der Waals surface area contributed by atoms with Crippen molar-refractivity contribution in [2.45, 2.75) is 91.6 Å². The summed E-state index contributed by atoms with van der Waals surface area (Å²) in [6.07, 6.45) is 1.17. The predicted octanol–water partition coefficient (Wildman–Crippen LogP) is 4.09. The molecule has 0 radical (unpaired) electrons. The number of carbonyl (C=O) groups is 1. The van der Waals surface area contributed by atoms with Crippen LogP contribution in [0.25, 0.3) is 0 Å². The minimum Gasteiger partial charge on any atom is -0.481 e. The van der Waals surface area contributed by atoms with E-state index < -0.39 is 23.5 Å². The van der Waals surface area contributed by atoms with E-state index in [1.54, 1.807) is 0 Å². The van der Waals surface area contributed by atoms with Gasteiger partial charge in [-0.1, -0.05) is 20.8 Å². The Morgan fingerprint density at radius 2 is 1.41 bits per heavy atom. The lowest BCUT2D eigenvalue weighted by molar-refractivity contribution is -0.501. The highest BCUT2D eigenvalue weighted by atomic mass is 17.3. The van der Waals surface area contributed by atoms with Gasteiger partial charge in [0.05, 0.1) is 11.2 Å². The van der Waals surface area contributed by atoms with Crippen LogP contribution in [-0.2, 0) is 24.3 Å². The molecule has 0 amide bonds. The molecule has 0 aliphatic heterocycles. The topological polar surface area (TPSA) is 74.2 Å². The molecule has 0 aromatic rings. The Morgan fingerprint density at radius 3 is 1.73 bits per heavy atom. The molecule has 0 bridgehead atoms. The maximum Gasteiger partial charge on any atom is 0.303 e. The van der Waals surface area contributed by atoms with Crippen molar-refractivity contribution < 1.29 is 29.5 Å². The summed E-state index contributed by atoms with van der Waals surface area (Å²) in [6.45, 7) is 13.4. The molecule has 0 rings (SSSR count). The van der Waals surface area contributed by atoms with Gasteiger partial charge in [-0.15, -0.1) is 0 Å². The highest BCUT2D eigenvalue weighted by molar-refractivity contribution is 5.66. The van der Waals surface area contributed by atoms with Gasteiger partial charge in [-0.3, -0.25) is 4.79 Å². The average Bonchev–Trinajstić information content (AvgIpc) is 2.41. The number of rotatable bonds is 12. The summed E-state index contributed by atoms with van der Waals surface area (Å²) in [5.41, 5.74) is -0.893. The fourth-order valence-electron chi connectivity index (χ4n) is 1.29. The van der Waals surface area contributed by atoms with Crippen LogP contribution >= 0.6 is 0 Å². The standard InChI is InChI=1S/C16H32O6/c1-8-15(4,5)21-19-14(11-12(3)10-13(17)18)20-22-16(6,7)9-2/h12,14H,8-11H2,1-7H3,(H,17,18). The van der Waals surface area contributed by atoms with Crippen LogP contribution in [0, 0.1) is 5.92 Å². The van der Waals surface area contributed by atoms with Gasteiger partial charge < -0.3 is 5.11 Å². The van der Waals surface area contributed by atoms with E-state index in [2.05, 4.69) is 0 Å². The van der Waals surface area contributed by atoms with E-state index >= 15 is 0 Å². The van der Waals surface area contributed by atoms with Gasteiger partial charge in [0.25, 0.3) is 0 Å². The molecule has 0 spiro atoms. The molecular formula is C16H32O6. The molecule has 0 aromatic carbocycles. The number of hydrogen-bond donors (Lipinski definition) is 1. The van der Waals surface area contributed by atoms with Crippen molar-refractivity contribution in [2.75, 3.05) is 0 Å². The molecule has 6 nitrogen and oxygen atoms in total. The summed E-state index contributed by atoms with van der Waals surface area (Å²) in [6, 6.07) is 0. The van der Waals surface area contributed by atoms with Gasteiger partial charge in [-0.2, -0.15) is 0 Å². The van der Waals surface area contributed by atoms with E-state index in [1.807, 2.05) is 48.5 Å². The quantitative estimate of drug-likeness (QED) is 0.332. The summed E-state index contributed by atoms with van der Waals surface area (Å²) < 4.78 is 0. The minimum absolute atomic E-state index is 0.0392. The first kappa shape index (κ1) is 21.3. The lowest BCUT2D eigenvalue weighted by Gasteiger charge is -2.29. The van der Waals surface area contributed by atoms with Crippen molar-refractivity contribution in [1.29, 1.82) is 0 Å². The molecule has 1 atom stereocenters. The van der Waals surface area contributed by atoms with E-state index in [0.29, 0.717) is 6.42 Å². The van der Waals surface area contributed by atoms with Crippen molar-refractivity contribution in [2.24, 2.45) is 5.92 Å². The van der Waals surface area contributed by atoms with Crippen LogP contribution < -0.4 is 0 Å². The molecule has 132 valence electrons. The van der Waals surface area contributed by atoms with Gasteiger partial charge in [0.1, 0.15) is 0 Å². The second-order valence-electron chi connectivity index (χ2n) is 6.95. The van der Waals surface area contributed by atoms with E-state index in [1.165, 1.54) is 0 Å². The molecule has 1 N–H and O–H groups in total. The molecule has 0 heterocycles. The second kappa shape index (κ2) is 9.45. The van der Waals surface area contributed by atoms with Crippen molar-refractivity contribution in [3.05, 3.63) is 0 Å². The molecule has 0 aliphatic rings. The van der Waals surface area contributed by atoms with E-state index in [9.17, 15) is 4.79 Å². The van der Waals surface area contributed by atoms with Crippen LogP contribution in [-0.4, -0.2) is 28.6 Å². The third kappa shape index (κ3) is 10.1. The summed E-state index contributed by atoms with van der Waals surface area (Å²) in [5.74, 6) is -0.972. The molecule has 0 aliphatic carbocycles. The number of aliphatic carboxylic acids is 1. The largest absolute Gasteiger partial charge is 0.481 e. The molecule has 0 aromatic heterocycles. The third-order valence-electron chi connectivity index (χ3n) is 3.58. The maximum absolute atomic E-state index is 10.8.